The summed E-state index contributed by atoms with van der Waals surface area (Å²) in [4.78, 5) is 12.5. The molecule has 3 nitrogen and oxygen atoms in total. The smallest absolute Gasteiger partial charge is 0.196 e. The highest BCUT2D eigenvalue weighted by Gasteiger charge is 2.16. The summed E-state index contributed by atoms with van der Waals surface area (Å²) < 4.78 is 12.0. The first-order valence-electron chi connectivity index (χ1n) is 5.78. The Kier molecular flexibility index (Phi) is 4.83. The molecule has 20 heavy (non-hydrogen) atoms. The van der Waals surface area contributed by atoms with E-state index in [-0.39, 0.29) is 5.78 Å². The van der Waals surface area contributed by atoms with E-state index in [1.165, 1.54) is 0 Å². The molecule has 2 aromatic rings. The van der Waals surface area contributed by atoms with Crippen LogP contribution in [-0.4, -0.2) is 20.0 Å². The summed E-state index contributed by atoms with van der Waals surface area (Å²) in [6.07, 6.45) is 0. The van der Waals surface area contributed by atoms with Crippen molar-refractivity contribution in [3.05, 3.63) is 56.5 Å². The lowest BCUT2D eigenvalue weighted by atomic mass is 10.0. The van der Waals surface area contributed by atoms with Gasteiger partial charge in [0.15, 0.2) is 5.78 Å². The van der Waals surface area contributed by atoms with Crippen LogP contribution in [0.1, 0.15) is 15.9 Å². The zero-order valence-corrected chi connectivity index (χ0v) is 14.1. The fraction of sp³-hybridized carbons (Fsp3) is 0.133. The van der Waals surface area contributed by atoms with E-state index in [0.717, 1.165) is 8.95 Å². The Morgan fingerprint density at radius 1 is 0.950 bits per heavy atom. The van der Waals surface area contributed by atoms with E-state index in [2.05, 4.69) is 31.9 Å². The minimum Gasteiger partial charge on any atom is -0.496 e. The van der Waals surface area contributed by atoms with Crippen molar-refractivity contribution >= 4 is 37.6 Å². The maximum Gasteiger partial charge on any atom is 0.196 e. The number of ether oxygens (including phenoxy) is 2. The van der Waals surface area contributed by atoms with Gasteiger partial charge in [0.25, 0.3) is 0 Å². The topological polar surface area (TPSA) is 35.5 Å². The Morgan fingerprint density at radius 3 is 2.25 bits per heavy atom. The van der Waals surface area contributed by atoms with Crippen molar-refractivity contribution in [2.24, 2.45) is 0 Å². The van der Waals surface area contributed by atoms with Crippen LogP contribution in [0.5, 0.6) is 11.5 Å². The Bertz CT molecular complexity index is 654. The fourth-order valence-corrected chi connectivity index (χ4v) is 2.70. The molecule has 0 unspecified atom stereocenters. The minimum absolute atomic E-state index is 0.0993. The van der Waals surface area contributed by atoms with E-state index in [4.69, 9.17) is 9.47 Å². The van der Waals surface area contributed by atoms with Crippen molar-refractivity contribution < 1.29 is 14.3 Å². The first kappa shape index (κ1) is 15.1. The molecule has 0 spiro atoms. The van der Waals surface area contributed by atoms with E-state index in [0.29, 0.717) is 22.6 Å². The monoisotopic (exact) mass is 398 g/mol. The van der Waals surface area contributed by atoms with E-state index in [9.17, 15) is 4.79 Å². The number of ketones is 1. The van der Waals surface area contributed by atoms with Crippen molar-refractivity contribution in [1.82, 2.24) is 0 Å². The van der Waals surface area contributed by atoms with Crippen molar-refractivity contribution in [1.29, 1.82) is 0 Å². The summed E-state index contributed by atoms with van der Waals surface area (Å²) in [5.41, 5.74) is 1.09. The molecular weight excluding hydrogens is 388 g/mol. The van der Waals surface area contributed by atoms with Gasteiger partial charge < -0.3 is 9.47 Å². The standard InChI is InChI=1S/C15H12Br2O3/c1-19-13-6-3-9(7-12(13)17)15(18)11-5-4-10(16)8-14(11)20-2/h3-8H,1-2H3. The predicted molar refractivity (Wildman–Crippen MR) is 84.8 cm³/mol. The maximum atomic E-state index is 12.5. The van der Waals surface area contributed by atoms with Crippen LogP contribution >= 0.6 is 31.9 Å². The highest BCUT2D eigenvalue weighted by atomic mass is 79.9. The zero-order chi connectivity index (χ0) is 14.7. The molecule has 0 aromatic heterocycles. The highest BCUT2D eigenvalue weighted by molar-refractivity contribution is 9.10. The molecule has 0 saturated carbocycles. The molecule has 0 aliphatic heterocycles. The third kappa shape index (κ3) is 3.04. The summed E-state index contributed by atoms with van der Waals surface area (Å²) in [7, 11) is 3.13. The number of hydrogen-bond acceptors (Lipinski definition) is 3. The molecule has 0 aliphatic rings. The van der Waals surface area contributed by atoms with E-state index < -0.39 is 0 Å². The van der Waals surface area contributed by atoms with Gasteiger partial charge in [0, 0.05) is 10.0 Å². The number of methoxy groups -OCH3 is 2. The van der Waals surface area contributed by atoms with Gasteiger partial charge in [-0.25, -0.2) is 0 Å². The number of rotatable bonds is 4. The highest BCUT2D eigenvalue weighted by Crippen LogP contribution is 2.29. The van der Waals surface area contributed by atoms with Gasteiger partial charge >= 0.3 is 0 Å². The second-order valence-corrected chi connectivity index (χ2v) is 5.79. The summed E-state index contributed by atoms with van der Waals surface area (Å²) in [6, 6.07) is 10.5. The van der Waals surface area contributed by atoms with Crippen molar-refractivity contribution in [2.45, 2.75) is 0 Å². The first-order chi connectivity index (χ1) is 9.56. The second-order valence-electron chi connectivity index (χ2n) is 4.02. The summed E-state index contributed by atoms with van der Waals surface area (Å²) >= 11 is 6.74. The van der Waals surface area contributed by atoms with Gasteiger partial charge in [-0.05, 0) is 52.3 Å². The van der Waals surface area contributed by atoms with Gasteiger partial charge in [-0.3, -0.25) is 4.79 Å². The molecule has 0 bridgehead atoms. The van der Waals surface area contributed by atoms with Crippen molar-refractivity contribution in [3.63, 3.8) is 0 Å². The molecule has 0 atom stereocenters. The van der Waals surface area contributed by atoms with Crippen LogP contribution in [0.3, 0.4) is 0 Å². The molecule has 0 amide bonds. The molecule has 0 N–H and O–H groups in total. The molecule has 0 heterocycles. The first-order valence-corrected chi connectivity index (χ1v) is 7.37. The normalized spacial score (nSPS) is 10.2. The van der Waals surface area contributed by atoms with Crippen LogP contribution in [0.15, 0.2) is 45.3 Å². The fourth-order valence-electron chi connectivity index (χ4n) is 1.82. The Labute approximate surface area is 134 Å². The number of benzene rings is 2. The minimum atomic E-state index is -0.0993. The SMILES string of the molecule is COc1ccc(C(=O)c2ccc(Br)cc2OC)cc1Br. The number of hydrogen-bond donors (Lipinski definition) is 0. The zero-order valence-electron chi connectivity index (χ0n) is 10.9. The molecule has 0 saturated heterocycles. The van der Waals surface area contributed by atoms with Crippen LogP contribution in [0.2, 0.25) is 0 Å². The van der Waals surface area contributed by atoms with Crippen LogP contribution in [-0.2, 0) is 0 Å². The van der Waals surface area contributed by atoms with Crippen molar-refractivity contribution in [3.8, 4) is 11.5 Å². The van der Waals surface area contributed by atoms with Gasteiger partial charge in [-0.2, -0.15) is 0 Å². The number of halogens is 2. The molecule has 2 rings (SSSR count). The van der Waals surface area contributed by atoms with Gasteiger partial charge in [0.05, 0.1) is 24.3 Å². The molecular formula is C15H12Br2O3. The summed E-state index contributed by atoms with van der Waals surface area (Å²) in [5, 5.41) is 0. The van der Waals surface area contributed by atoms with Crippen LogP contribution < -0.4 is 9.47 Å². The quantitative estimate of drug-likeness (QED) is 0.712. The third-order valence-corrected chi connectivity index (χ3v) is 3.94. The predicted octanol–water partition coefficient (Wildman–Crippen LogP) is 4.46. The van der Waals surface area contributed by atoms with Gasteiger partial charge in [0.2, 0.25) is 0 Å². The van der Waals surface area contributed by atoms with Crippen LogP contribution in [0.25, 0.3) is 0 Å². The molecule has 0 radical (unpaired) electrons. The Morgan fingerprint density at radius 2 is 1.65 bits per heavy atom. The Balaban J connectivity index is 2.43. The summed E-state index contributed by atoms with van der Waals surface area (Å²) in [6.45, 7) is 0. The summed E-state index contributed by atoms with van der Waals surface area (Å²) in [5.74, 6) is 1.12. The van der Waals surface area contributed by atoms with Gasteiger partial charge in [-0.1, -0.05) is 15.9 Å². The van der Waals surface area contributed by atoms with E-state index in [1.807, 2.05) is 6.07 Å². The number of carbonyl (C=O) groups excluding carboxylic acids is 1. The average Bonchev–Trinajstić information content (AvgIpc) is 2.46. The maximum absolute atomic E-state index is 12.5. The van der Waals surface area contributed by atoms with E-state index in [1.54, 1.807) is 44.6 Å². The molecule has 2 aromatic carbocycles. The molecule has 5 heteroatoms. The average molecular weight is 400 g/mol. The molecule has 104 valence electrons. The van der Waals surface area contributed by atoms with Crippen molar-refractivity contribution in [2.75, 3.05) is 14.2 Å². The lowest BCUT2D eigenvalue weighted by molar-refractivity contribution is 0.103. The lowest BCUT2D eigenvalue weighted by Gasteiger charge is -2.09. The van der Waals surface area contributed by atoms with Crippen LogP contribution in [0, 0.1) is 0 Å². The van der Waals surface area contributed by atoms with Gasteiger partial charge in [0.1, 0.15) is 11.5 Å². The molecule has 0 fully saturated rings. The lowest BCUT2D eigenvalue weighted by Crippen LogP contribution is -2.04. The van der Waals surface area contributed by atoms with Gasteiger partial charge in [-0.15, -0.1) is 0 Å². The second kappa shape index (κ2) is 6.41. The van der Waals surface area contributed by atoms with E-state index >= 15 is 0 Å². The third-order valence-electron chi connectivity index (χ3n) is 2.82. The van der Waals surface area contributed by atoms with Crippen LogP contribution in [0.4, 0.5) is 0 Å². The Hall–Kier alpha value is -1.33. The number of carbonyl (C=O) groups is 1. The largest absolute Gasteiger partial charge is 0.496 e. The molecule has 0 aliphatic carbocycles.